The van der Waals surface area contributed by atoms with Gasteiger partial charge in [0.15, 0.2) is 5.69 Å². The molecule has 5 nitrogen and oxygen atoms in total. The molecule has 0 N–H and O–H groups in total. The Hall–Kier alpha value is -1.95. The maximum Gasteiger partial charge on any atom is 0.276 e. The Bertz CT molecular complexity index is 676. The second-order valence-corrected chi connectivity index (χ2v) is 7.14. The van der Waals surface area contributed by atoms with Crippen LogP contribution in [-0.4, -0.2) is 41.9 Å². The van der Waals surface area contributed by atoms with E-state index in [9.17, 15) is 4.79 Å². The first-order valence-corrected chi connectivity index (χ1v) is 9.13. The van der Waals surface area contributed by atoms with Crippen LogP contribution in [0.4, 0.5) is 0 Å². The van der Waals surface area contributed by atoms with Gasteiger partial charge in [-0.05, 0) is 49.9 Å². The fourth-order valence-electron chi connectivity index (χ4n) is 2.82. The Kier molecular flexibility index (Phi) is 5.45. The highest BCUT2D eigenvalue weighted by molar-refractivity contribution is 7.99. The number of amides is 1. The minimum Gasteiger partial charge on any atom is -0.497 e. The highest BCUT2D eigenvalue weighted by atomic mass is 32.2. The Morgan fingerprint density at radius 3 is 2.62 bits per heavy atom. The molecule has 0 spiro atoms. The van der Waals surface area contributed by atoms with Crippen molar-refractivity contribution >= 4 is 17.7 Å². The fourth-order valence-corrected chi connectivity index (χ4v) is 3.91. The van der Waals surface area contributed by atoms with Gasteiger partial charge in [-0.25, -0.2) is 0 Å². The number of piperidine rings is 1. The van der Waals surface area contributed by atoms with Crippen LogP contribution in [0, 0.1) is 12.8 Å². The molecule has 0 bridgehead atoms. The van der Waals surface area contributed by atoms with Crippen LogP contribution in [0.3, 0.4) is 0 Å². The van der Waals surface area contributed by atoms with Crippen molar-refractivity contribution in [2.75, 3.05) is 26.0 Å². The molecule has 0 aliphatic carbocycles. The number of nitrogens with zero attached hydrogens (tertiary/aromatic N) is 2. The zero-order valence-electron chi connectivity index (χ0n) is 14.0. The minimum absolute atomic E-state index is 0.0203. The number of carbonyl (C=O) groups excluding carboxylic acids is 1. The van der Waals surface area contributed by atoms with Crippen molar-refractivity contribution in [3.8, 4) is 5.75 Å². The third kappa shape index (κ3) is 4.12. The first kappa shape index (κ1) is 16.9. The van der Waals surface area contributed by atoms with Crippen LogP contribution in [0.2, 0.25) is 0 Å². The SMILES string of the molecule is COc1ccc(SCC2CCN(C(=O)c3cc(C)on3)CC2)cc1. The second kappa shape index (κ2) is 7.75. The van der Waals surface area contributed by atoms with Gasteiger partial charge in [0.05, 0.1) is 7.11 Å². The average Bonchev–Trinajstić information content (AvgIpc) is 3.06. The van der Waals surface area contributed by atoms with Crippen LogP contribution in [0.15, 0.2) is 39.8 Å². The zero-order chi connectivity index (χ0) is 16.9. The van der Waals surface area contributed by atoms with E-state index >= 15 is 0 Å². The van der Waals surface area contributed by atoms with Gasteiger partial charge in [-0.3, -0.25) is 4.79 Å². The quantitative estimate of drug-likeness (QED) is 0.774. The average molecular weight is 346 g/mol. The van der Waals surface area contributed by atoms with Crippen LogP contribution in [0.5, 0.6) is 5.75 Å². The summed E-state index contributed by atoms with van der Waals surface area (Å²) in [5.41, 5.74) is 0.415. The van der Waals surface area contributed by atoms with Gasteiger partial charge >= 0.3 is 0 Å². The van der Waals surface area contributed by atoms with Gasteiger partial charge < -0.3 is 14.2 Å². The van der Waals surface area contributed by atoms with Crippen LogP contribution in [0.1, 0.15) is 29.1 Å². The van der Waals surface area contributed by atoms with Gasteiger partial charge in [0.2, 0.25) is 0 Å². The lowest BCUT2D eigenvalue weighted by Crippen LogP contribution is -2.39. The van der Waals surface area contributed by atoms with E-state index in [1.54, 1.807) is 20.1 Å². The number of rotatable bonds is 5. The van der Waals surface area contributed by atoms with Crippen molar-refractivity contribution < 1.29 is 14.1 Å². The number of benzene rings is 1. The number of aryl methyl sites for hydroxylation is 1. The molecule has 1 saturated heterocycles. The number of methoxy groups -OCH3 is 1. The Balaban J connectivity index is 1.45. The minimum atomic E-state index is -0.0203. The standard InChI is InChI=1S/C18H22N2O3S/c1-13-11-17(19-23-13)18(21)20-9-7-14(8-10-20)12-24-16-5-3-15(22-2)4-6-16/h3-6,11,14H,7-10,12H2,1-2H3. The third-order valence-corrected chi connectivity index (χ3v) is 5.54. The van der Waals surface area contributed by atoms with E-state index in [0.29, 0.717) is 17.4 Å². The summed E-state index contributed by atoms with van der Waals surface area (Å²) in [5.74, 6) is 3.25. The fraction of sp³-hybridized carbons (Fsp3) is 0.444. The number of aromatic nitrogens is 1. The van der Waals surface area contributed by atoms with E-state index in [-0.39, 0.29) is 5.91 Å². The summed E-state index contributed by atoms with van der Waals surface area (Å²) in [4.78, 5) is 15.5. The summed E-state index contributed by atoms with van der Waals surface area (Å²) in [7, 11) is 1.68. The van der Waals surface area contributed by atoms with E-state index in [2.05, 4.69) is 17.3 Å². The van der Waals surface area contributed by atoms with Crippen molar-refractivity contribution in [2.24, 2.45) is 5.92 Å². The molecule has 2 heterocycles. The molecule has 0 unspecified atom stereocenters. The topological polar surface area (TPSA) is 55.6 Å². The number of hydrogen-bond donors (Lipinski definition) is 0. The lowest BCUT2D eigenvalue weighted by atomic mass is 9.99. The van der Waals surface area contributed by atoms with Gasteiger partial charge in [0.1, 0.15) is 11.5 Å². The molecule has 1 fully saturated rings. The first-order chi connectivity index (χ1) is 11.7. The Labute approximate surface area is 146 Å². The summed E-state index contributed by atoms with van der Waals surface area (Å²) in [6.45, 7) is 3.38. The smallest absolute Gasteiger partial charge is 0.276 e. The van der Waals surface area contributed by atoms with E-state index < -0.39 is 0 Å². The molecule has 3 rings (SSSR count). The molecule has 1 amide bonds. The number of ether oxygens (including phenoxy) is 1. The molecule has 1 aromatic heterocycles. The number of likely N-dealkylation sites (tertiary alicyclic amines) is 1. The molecule has 6 heteroatoms. The van der Waals surface area contributed by atoms with Gasteiger partial charge in [0, 0.05) is 29.8 Å². The predicted octanol–water partition coefficient (Wildman–Crippen LogP) is 3.64. The maximum atomic E-state index is 12.3. The Morgan fingerprint density at radius 2 is 2.04 bits per heavy atom. The highest BCUT2D eigenvalue weighted by Crippen LogP contribution is 2.28. The molecular formula is C18H22N2O3S. The second-order valence-electron chi connectivity index (χ2n) is 6.04. The molecule has 1 aliphatic heterocycles. The van der Waals surface area contributed by atoms with Crippen molar-refractivity contribution in [3.05, 3.63) is 41.8 Å². The van der Waals surface area contributed by atoms with E-state index in [0.717, 1.165) is 37.4 Å². The Morgan fingerprint density at radius 1 is 1.33 bits per heavy atom. The molecule has 0 radical (unpaired) electrons. The summed E-state index contributed by atoms with van der Waals surface area (Å²) in [5, 5.41) is 3.82. The summed E-state index contributed by atoms with van der Waals surface area (Å²) >= 11 is 1.87. The zero-order valence-corrected chi connectivity index (χ0v) is 14.8. The van der Waals surface area contributed by atoms with Crippen molar-refractivity contribution in [1.82, 2.24) is 10.1 Å². The largest absolute Gasteiger partial charge is 0.497 e. The van der Waals surface area contributed by atoms with E-state index in [4.69, 9.17) is 9.26 Å². The van der Waals surface area contributed by atoms with Crippen molar-refractivity contribution in [2.45, 2.75) is 24.7 Å². The number of carbonyl (C=O) groups is 1. The van der Waals surface area contributed by atoms with Gasteiger partial charge in [-0.1, -0.05) is 5.16 Å². The van der Waals surface area contributed by atoms with Gasteiger partial charge in [-0.15, -0.1) is 11.8 Å². The highest BCUT2D eigenvalue weighted by Gasteiger charge is 2.25. The maximum absolute atomic E-state index is 12.3. The number of thioether (sulfide) groups is 1. The van der Waals surface area contributed by atoms with E-state index in [1.807, 2.05) is 28.8 Å². The normalized spacial score (nSPS) is 15.5. The summed E-state index contributed by atoms with van der Waals surface area (Å²) in [6, 6.07) is 9.87. The monoisotopic (exact) mass is 346 g/mol. The van der Waals surface area contributed by atoms with Crippen LogP contribution < -0.4 is 4.74 Å². The molecule has 0 atom stereocenters. The molecule has 1 aliphatic rings. The molecule has 1 aromatic carbocycles. The van der Waals surface area contributed by atoms with Gasteiger partial charge in [0.25, 0.3) is 5.91 Å². The molecule has 24 heavy (non-hydrogen) atoms. The molecule has 0 saturated carbocycles. The lowest BCUT2D eigenvalue weighted by molar-refractivity contribution is 0.0688. The molecular weight excluding hydrogens is 324 g/mol. The van der Waals surface area contributed by atoms with Crippen molar-refractivity contribution in [1.29, 1.82) is 0 Å². The third-order valence-electron chi connectivity index (χ3n) is 4.29. The van der Waals surface area contributed by atoms with Gasteiger partial charge in [-0.2, -0.15) is 0 Å². The van der Waals surface area contributed by atoms with Crippen molar-refractivity contribution in [3.63, 3.8) is 0 Å². The first-order valence-electron chi connectivity index (χ1n) is 8.15. The predicted molar refractivity (Wildman–Crippen MR) is 93.6 cm³/mol. The summed E-state index contributed by atoms with van der Waals surface area (Å²) < 4.78 is 10.2. The van der Waals surface area contributed by atoms with Crippen LogP contribution in [0.25, 0.3) is 0 Å². The lowest BCUT2D eigenvalue weighted by Gasteiger charge is -2.31. The number of hydrogen-bond acceptors (Lipinski definition) is 5. The molecule has 2 aromatic rings. The van der Waals surface area contributed by atoms with Crippen LogP contribution in [-0.2, 0) is 0 Å². The summed E-state index contributed by atoms with van der Waals surface area (Å²) in [6.07, 6.45) is 2.07. The van der Waals surface area contributed by atoms with Crippen LogP contribution >= 0.6 is 11.8 Å². The van der Waals surface area contributed by atoms with E-state index in [1.165, 1.54) is 4.90 Å². The molecule has 128 valence electrons.